The van der Waals surface area contributed by atoms with Crippen LogP contribution < -0.4 is 10.6 Å². The van der Waals surface area contributed by atoms with Crippen LogP contribution in [0.4, 0.5) is 5.69 Å². The smallest absolute Gasteiger partial charge is 0.266 e. The molecule has 8 heteroatoms. The van der Waals surface area contributed by atoms with Gasteiger partial charge in [-0.15, -0.1) is 0 Å². The molecule has 2 N–H and O–H groups in total. The van der Waals surface area contributed by atoms with Gasteiger partial charge in [-0.25, -0.2) is 4.98 Å². The largest absolute Gasteiger partial charge is 0.342 e. The normalized spacial score (nSPS) is 16.2. The number of hydrogen-bond donors (Lipinski definition) is 2. The Labute approximate surface area is 152 Å². The second-order valence-electron chi connectivity index (χ2n) is 5.16. The molecule has 5 nitrogen and oxygen atoms in total. The number of nitrogens with one attached hydrogen (secondary N) is 2. The van der Waals surface area contributed by atoms with Crippen LogP contribution in [0.15, 0.2) is 53.7 Å². The van der Waals surface area contributed by atoms with Crippen LogP contribution in [0.3, 0.4) is 0 Å². The number of halogens is 1. The molecule has 0 bridgehead atoms. The third-order valence-corrected chi connectivity index (χ3v) is 5.07. The van der Waals surface area contributed by atoms with E-state index in [4.69, 9.17) is 23.8 Å². The van der Waals surface area contributed by atoms with Crippen molar-refractivity contribution >= 4 is 63.3 Å². The summed E-state index contributed by atoms with van der Waals surface area (Å²) in [5.74, 6) is -0.0797. The number of rotatable bonds is 2. The molecule has 0 saturated heterocycles. The average Bonchev–Trinajstić information content (AvgIpc) is 3.07. The van der Waals surface area contributed by atoms with Crippen molar-refractivity contribution in [1.29, 1.82) is 0 Å². The highest BCUT2D eigenvalue weighted by molar-refractivity contribution is 8.01. The molecular weight excluding hydrogens is 364 g/mol. The van der Waals surface area contributed by atoms with Crippen molar-refractivity contribution in [1.82, 2.24) is 14.9 Å². The zero-order valence-corrected chi connectivity index (χ0v) is 14.6. The van der Waals surface area contributed by atoms with Gasteiger partial charge in [-0.2, -0.15) is 0 Å². The first-order valence-corrected chi connectivity index (χ1v) is 8.80. The molecular formula is C16H11ClN4OS2. The number of benzene rings is 2. The zero-order valence-electron chi connectivity index (χ0n) is 12.2. The van der Waals surface area contributed by atoms with Crippen LogP contribution in [0.5, 0.6) is 0 Å². The van der Waals surface area contributed by atoms with Gasteiger partial charge in [0.1, 0.15) is 0 Å². The summed E-state index contributed by atoms with van der Waals surface area (Å²) in [4.78, 5) is 17.1. The molecule has 24 heavy (non-hydrogen) atoms. The van der Waals surface area contributed by atoms with E-state index in [2.05, 4.69) is 15.6 Å². The Bertz CT molecular complexity index is 954. The van der Waals surface area contributed by atoms with Crippen molar-refractivity contribution in [3.63, 3.8) is 0 Å². The molecule has 0 amide bonds. The van der Waals surface area contributed by atoms with Gasteiger partial charge in [0, 0.05) is 10.7 Å². The summed E-state index contributed by atoms with van der Waals surface area (Å²) in [6, 6.07) is 14.7. The Morgan fingerprint density at radius 1 is 1.21 bits per heavy atom. The van der Waals surface area contributed by atoms with Crippen LogP contribution in [0.25, 0.3) is 11.0 Å². The van der Waals surface area contributed by atoms with E-state index in [9.17, 15) is 4.79 Å². The Morgan fingerprint density at radius 2 is 1.96 bits per heavy atom. The summed E-state index contributed by atoms with van der Waals surface area (Å²) in [7, 11) is 0. The first kappa shape index (κ1) is 15.4. The van der Waals surface area contributed by atoms with Crippen LogP contribution in [0, 0.1) is 0 Å². The minimum absolute atomic E-state index is 0.0797. The van der Waals surface area contributed by atoms with E-state index in [-0.39, 0.29) is 5.91 Å². The molecule has 1 unspecified atom stereocenters. The van der Waals surface area contributed by atoms with Gasteiger partial charge in [-0.1, -0.05) is 35.5 Å². The maximum Gasteiger partial charge on any atom is 0.266 e. The highest BCUT2D eigenvalue weighted by Gasteiger charge is 2.34. The van der Waals surface area contributed by atoms with Gasteiger partial charge in [-0.05, 0) is 48.6 Å². The molecule has 1 aliphatic heterocycles. The number of aromatic nitrogens is 2. The van der Waals surface area contributed by atoms with Crippen LogP contribution in [0.2, 0.25) is 5.02 Å². The van der Waals surface area contributed by atoms with E-state index in [1.54, 1.807) is 16.7 Å². The number of hydrogen-bond acceptors (Lipinski definition) is 4. The van der Waals surface area contributed by atoms with Gasteiger partial charge >= 0.3 is 0 Å². The average molecular weight is 375 g/mol. The summed E-state index contributed by atoms with van der Waals surface area (Å²) in [5.41, 5.74) is 2.43. The van der Waals surface area contributed by atoms with Crippen LogP contribution in [0.1, 0.15) is 4.79 Å². The molecule has 1 aliphatic rings. The second-order valence-corrected chi connectivity index (χ2v) is 7.08. The number of fused-ring (bicyclic) bond motifs is 3. The summed E-state index contributed by atoms with van der Waals surface area (Å²) in [6.45, 7) is 0. The third-order valence-electron chi connectivity index (χ3n) is 3.56. The Kier molecular flexibility index (Phi) is 3.91. The number of thioether (sulfide) groups is 1. The van der Waals surface area contributed by atoms with Crippen LogP contribution in [-0.2, 0) is 0 Å². The number of para-hydroxylation sites is 2. The van der Waals surface area contributed by atoms with Gasteiger partial charge in [0.25, 0.3) is 5.91 Å². The molecule has 4 rings (SSSR count). The van der Waals surface area contributed by atoms with Crippen molar-refractivity contribution in [3.8, 4) is 0 Å². The predicted octanol–water partition coefficient (Wildman–Crippen LogP) is 3.75. The van der Waals surface area contributed by atoms with Gasteiger partial charge in [0.2, 0.25) is 0 Å². The van der Waals surface area contributed by atoms with E-state index >= 15 is 0 Å². The third kappa shape index (κ3) is 2.75. The maximum atomic E-state index is 12.6. The molecule has 120 valence electrons. The Balaban J connectivity index is 1.49. The van der Waals surface area contributed by atoms with Gasteiger partial charge in [0.15, 0.2) is 15.6 Å². The van der Waals surface area contributed by atoms with Crippen molar-refractivity contribution in [3.05, 3.63) is 53.6 Å². The van der Waals surface area contributed by atoms with E-state index in [0.717, 1.165) is 16.7 Å². The fourth-order valence-corrected chi connectivity index (χ4v) is 3.95. The number of carbonyl (C=O) groups is 1. The summed E-state index contributed by atoms with van der Waals surface area (Å²) in [5, 5.41) is 7.27. The predicted molar refractivity (Wildman–Crippen MR) is 101 cm³/mol. The fraction of sp³-hybridized carbons (Fsp3) is 0.0625. The molecule has 0 spiro atoms. The van der Waals surface area contributed by atoms with Crippen molar-refractivity contribution in [2.24, 2.45) is 0 Å². The maximum absolute atomic E-state index is 12.6. The topological polar surface area (TPSA) is 59.0 Å². The molecule has 0 radical (unpaired) electrons. The minimum Gasteiger partial charge on any atom is -0.342 e. The number of imidazole rings is 1. The van der Waals surface area contributed by atoms with Crippen LogP contribution in [-0.4, -0.2) is 25.9 Å². The molecule has 2 heterocycles. The zero-order chi connectivity index (χ0) is 16.7. The molecule has 1 atom stereocenters. The standard InChI is InChI=1S/C16H11ClN4OS2/c17-9-5-7-10(8-6-9)18-15(23)20-13-14(22)21-12-4-2-1-3-11(12)19-16(21)24-13/h1-8,13H,(H2,18,20,23). The Hall–Kier alpha value is -2.09. The first-order chi connectivity index (χ1) is 11.6. The van der Waals surface area contributed by atoms with E-state index in [1.165, 1.54) is 11.8 Å². The summed E-state index contributed by atoms with van der Waals surface area (Å²) < 4.78 is 1.63. The lowest BCUT2D eigenvalue weighted by atomic mass is 10.3. The molecule has 3 aromatic rings. The molecule has 0 fully saturated rings. The van der Waals surface area contributed by atoms with Crippen molar-refractivity contribution < 1.29 is 4.79 Å². The van der Waals surface area contributed by atoms with Gasteiger partial charge in [-0.3, -0.25) is 9.36 Å². The van der Waals surface area contributed by atoms with E-state index in [0.29, 0.717) is 15.3 Å². The SMILES string of the molecule is O=C1C(NC(=S)Nc2ccc(Cl)cc2)Sc2nc3ccccc3n21. The monoisotopic (exact) mass is 374 g/mol. The highest BCUT2D eigenvalue weighted by atomic mass is 35.5. The quantitative estimate of drug-likeness (QED) is 0.666. The number of thiocarbonyl (C=S) groups is 1. The number of anilines is 1. The van der Waals surface area contributed by atoms with Crippen molar-refractivity contribution in [2.45, 2.75) is 10.5 Å². The van der Waals surface area contributed by atoms with Gasteiger partial charge < -0.3 is 10.6 Å². The molecule has 0 aliphatic carbocycles. The highest BCUT2D eigenvalue weighted by Crippen LogP contribution is 2.33. The molecule has 0 saturated carbocycles. The fourth-order valence-electron chi connectivity index (χ4n) is 2.48. The summed E-state index contributed by atoms with van der Waals surface area (Å²) >= 11 is 12.5. The van der Waals surface area contributed by atoms with E-state index < -0.39 is 5.37 Å². The number of carbonyl (C=O) groups excluding carboxylic acids is 1. The lowest BCUT2D eigenvalue weighted by Crippen LogP contribution is -2.40. The Morgan fingerprint density at radius 3 is 2.75 bits per heavy atom. The second kappa shape index (κ2) is 6.08. The molecule has 2 aromatic carbocycles. The van der Waals surface area contributed by atoms with E-state index in [1.807, 2.05) is 36.4 Å². The minimum atomic E-state index is -0.496. The lowest BCUT2D eigenvalue weighted by Gasteiger charge is -2.14. The van der Waals surface area contributed by atoms with Crippen LogP contribution >= 0.6 is 35.6 Å². The lowest BCUT2D eigenvalue weighted by molar-refractivity contribution is 0.0910. The first-order valence-electron chi connectivity index (χ1n) is 7.13. The van der Waals surface area contributed by atoms with Gasteiger partial charge in [0.05, 0.1) is 11.0 Å². The van der Waals surface area contributed by atoms with Crippen molar-refractivity contribution in [2.75, 3.05) is 5.32 Å². The summed E-state index contributed by atoms with van der Waals surface area (Å²) in [6.07, 6.45) is 0. The molecule has 1 aromatic heterocycles. The number of nitrogens with zero attached hydrogens (tertiary/aromatic N) is 2.